The largest absolute Gasteiger partial charge is 0.476 e. The number of nitrogens with one attached hydrogen (secondary N) is 1. The highest BCUT2D eigenvalue weighted by Crippen LogP contribution is 2.29. The first-order chi connectivity index (χ1) is 14.7. The molecule has 1 saturated heterocycles. The molecular weight excluding hydrogens is 380 g/mol. The van der Waals surface area contributed by atoms with Crippen molar-refractivity contribution in [2.45, 2.75) is 6.92 Å². The van der Waals surface area contributed by atoms with Crippen LogP contribution in [-0.2, 0) is 4.74 Å². The second-order valence-electron chi connectivity index (χ2n) is 6.82. The zero-order valence-electron chi connectivity index (χ0n) is 16.8. The summed E-state index contributed by atoms with van der Waals surface area (Å²) in [6.07, 6.45) is 4.94. The van der Waals surface area contributed by atoms with Crippen molar-refractivity contribution in [3.05, 3.63) is 60.0 Å². The van der Waals surface area contributed by atoms with Gasteiger partial charge in [0.25, 0.3) is 0 Å². The first kappa shape index (κ1) is 19.8. The van der Waals surface area contributed by atoms with Crippen LogP contribution >= 0.6 is 0 Å². The maximum Gasteiger partial charge on any atom is 0.240 e. The third kappa shape index (κ3) is 4.08. The molecular formula is C22H24N6O2. The molecule has 0 unspecified atom stereocenters. The highest BCUT2D eigenvalue weighted by molar-refractivity contribution is 6.14. The Morgan fingerprint density at radius 3 is 2.70 bits per heavy atom. The summed E-state index contributed by atoms with van der Waals surface area (Å²) in [5.74, 6) is 1.30. The zero-order valence-corrected chi connectivity index (χ0v) is 16.8. The molecule has 8 nitrogen and oxygen atoms in total. The first-order valence-corrected chi connectivity index (χ1v) is 9.89. The van der Waals surface area contributed by atoms with E-state index >= 15 is 0 Å². The van der Waals surface area contributed by atoms with Crippen molar-refractivity contribution in [1.29, 1.82) is 5.41 Å². The van der Waals surface area contributed by atoms with E-state index in [4.69, 9.17) is 20.6 Å². The number of hydrogen-bond acceptors (Lipinski definition) is 8. The normalized spacial score (nSPS) is 13.8. The number of ether oxygens (including phenoxy) is 2. The van der Waals surface area contributed by atoms with Gasteiger partial charge in [-0.3, -0.25) is 5.41 Å². The fourth-order valence-corrected chi connectivity index (χ4v) is 3.38. The summed E-state index contributed by atoms with van der Waals surface area (Å²) in [7, 11) is 0. The van der Waals surface area contributed by atoms with Gasteiger partial charge in [0.1, 0.15) is 11.5 Å². The number of morpholine rings is 1. The lowest BCUT2D eigenvalue weighted by atomic mass is 9.98. The molecule has 3 heterocycles. The van der Waals surface area contributed by atoms with Gasteiger partial charge >= 0.3 is 0 Å². The van der Waals surface area contributed by atoms with Gasteiger partial charge in [0.2, 0.25) is 5.88 Å². The number of nitrogens with two attached hydrogens (primary N) is 1. The Bertz CT molecular complexity index is 1050. The first-order valence-electron chi connectivity index (χ1n) is 9.89. The molecule has 1 aliphatic rings. The molecule has 2 aromatic heterocycles. The number of anilines is 2. The van der Waals surface area contributed by atoms with E-state index in [9.17, 15) is 0 Å². The third-order valence-electron chi connectivity index (χ3n) is 4.91. The number of nitrogens with zero attached hydrogens (tertiary/aromatic N) is 4. The van der Waals surface area contributed by atoms with E-state index in [1.807, 2.05) is 31.2 Å². The van der Waals surface area contributed by atoms with Crippen LogP contribution in [0.5, 0.6) is 5.88 Å². The van der Waals surface area contributed by atoms with Crippen LogP contribution in [0.3, 0.4) is 0 Å². The van der Waals surface area contributed by atoms with Gasteiger partial charge in [0.15, 0.2) is 0 Å². The third-order valence-corrected chi connectivity index (χ3v) is 4.91. The van der Waals surface area contributed by atoms with Crippen molar-refractivity contribution in [3.8, 4) is 17.1 Å². The van der Waals surface area contributed by atoms with E-state index in [1.54, 1.807) is 24.7 Å². The predicted octanol–water partition coefficient (Wildman–Crippen LogP) is 2.77. The van der Waals surface area contributed by atoms with Crippen molar-refractivity contribution in [3.63, 3.8) is 0 Å². The fourth-order valence-electron chi connectivity index (χ4n) is 3.38. The summed E-state index contributed by atoms with van der Waals surface area (Å²) in [4.78, 5) is 15.3. The molecule has 0 spiro atoms. The summed E-state index contributed by atoms with van der Waals surface area (Å²) in [5.41, 5.74) is 9.87. The Kier molecular flexibility index (Phi) is 5.85. The Balaban J connectivity index is 1.68. The summed E-state index contributed by atoms with van der Waals surface area (Å²) in [6.45, 7) is 5.32. The molecule has 0 amide bonds. The Morgan fingerprint density at radius 2 is 1.90 bits per heavy atom. The Labute approximate surface area is 175 Å². The van der Waals surface area contributed by atoms with Crippen molar-refractivity contribution in [1.82, 2.24) is 15.0 Å². The van der Waals surface area contributed by atoms with E-state index in [-0.39, 0.29) is 0 Å². The standard InChI is InChI=1S/C22H24N6O2/c1-2-30-22-21(26-7-8-27-22)16-3-4-18(23)17(13-16)20(24)15-5-6-25-19(14-15)28-9-11-29-12-10-28/h3-8,13-14,24H,2,9-12,23H2,1H3. The van der Waals surface area contributed by atoms with E-state index in [1.165, 1.54) is 0 Å². The van der Waals surface area contributed by atoms with Crippen LogP contribution in [0.4, 0.5) is 11.5 Å². The molecule has 3 aromatic rings. The summed E-state index contributed by atoms with van der Waals surface area (Å²) in [5, 5.41) is 8.80. The number of hydrogen-bond donors (Lipinski definition) is 2. The summed E-state index contributed by atoms with van der Waals surface area (Å²) < 4.78 is 11.0. The Hall–Kier alpha value is -3.52. The maximum atomic E-state index is 8.80. The van der Waals surface area contributed by atoms with Gasteiger partial charge in [-0.15, -0.1) is 0 Å². The van der Waals surface area contributed by atoms with E-state index in [2.05, 4.69) is 19.9 Å². The van der Waals surface area contributed by atoms with Gasteiger partial charge in [-0.2, -0.15) is 0 Å². The molecule has 0 saturated carbocycles. The maximum absolute atomic E-state index is 8.80. The lowest BCUT2D eigenvalue weighted by Crippen LogP contribution is -2.36. The second-order valence-corrected chi connectivity index (χ2v) is 6.82. The van der Waals surface area contributed by atoms with Crippen LogP contribution in [0.2, 0.25) is 0 Å². The number of nitrogen functional groups attached to an aromatic ring is 1. The van der Waals surface area contributed by atoms with E-state index in [0.29, 0.717) is 48.4 Å². The zero-order chi connectivity index (χ0) is 20.9. The van der Waals surface area contributed by atoms with Gasteiger partial charge in [-0.25, -0.2) is 15.0 Å². The lowest BCUT2D eigenvalue weighted by Gasteiger charge is -2.28. The lowest BCUT2D eigenvalue weighted by molar-refractivity contribution is 0.122. The fraction of sp³-hybridized carbons (Fsp3) is 0.273. The smallest absolute Gasteiger partial charge is 0.240 e. The molecule has 1 aromatic carbocycles. The molecule has 0 aliphatic carbocycles. The summed E-state index contributed by atoms with van der Waals surface area (Å²) in [6, 6.07) is 9.26. The minimum absolute atomic E-state index is 0.327. The predicted molar refractivity (Wildman–Crippen MR) is 116 cm³/mol. The van der Waals surface area contributed by atoms with Gasteiger partial charge < -0.3 is 20.1 Å². The van der Waals surface area contributed by atoms with Crippen molar-refractivity contribution in [2.24, 2.45) is 0 Å². The van der Waals surface area contributed by atoms with Crippen LogP contribution < -0.4 is 15.4 Å². The van der Waals surface area contributed by atoms with Gasteiger partial charge in [-0.05, 0) is 31.2 Å². The molecule has 154 valence electrons. The van der Waals surface area contributed by atoms with Crippen molar-refractivity contribution < 1.29 is 9.47 Å². The van der Waals surface area contributed by atoms with Crippen LogP contribution in [0.1, 0.15) is 18.1 Å². The number of benzene rings is 1. The SMILES string of the molecule is CCOc1nccnc1-c1ccc(N)c(C(=N)c2ccnc(N3CCOCC3)c2)c1. The van der Waals surface area contributed by atoms with Crippen molar-refractivity contribution in [2.75, 3.05) is 43.5 Å². The highest BCUT2D eigenvalue weighted by Gasteiger charge is 2.17. The number of aromatic nitrogens is 3. The minimum Gasteiger partial charge on any atom is -0.476 e. The minimum atomic E-state index is 0.327. The van der Waals surface area contributed by atoms with Gasteiger partial charge in [0, 0.05) is 54.1 Å². The van der Waals surface area contributed by atoms with Gasteiger partial charge in [0.05, 0.1) is 25.5 Å². The van der Waals surface area contributed by atoms with Crippen LogP contribution in [0.25, 0.3) is 11.3 Å². The molecule has 0 bridgehead atoms. The van der Waals surface area contributed by atoms with E-state index in [0.717, 1.165) is 30.0 Å². The summed E-state index contributed by atoms with van der Waals surface area (Å²) >= 11 is 0. The average Bonchev–Trinajstić information content (AvgIpc) is 2.80. The number of pyridine rings is 1. The topological polar surface area (TPSA) is 110 Å². The quantitative estimate of drug-likeness (QED) is 0.480. The van der Waals surface area contributed by atoms with E-state index < -0.39 is 0 Å². The van der Waals surface area contributed by atoms with Crippen LogP contribution in [0, 0.1) is 5.41 Å². The number of rotatable bonds is 6. The molecule has 3 N–H and O–H groups in total. The molecule has 0 atom stereocenters. The van der Waals surface area contributed by atoms with Crippen LogP contribution in [0.15, 0.2) is 48.9 Å². The monoisotopic (exact) mass is 404 g/mol. The molecule has 1 fully saturated rings. The highest BCUT2D eigenvalue weighted by atomic mass is 16.5. The van der Waals surface area contributed by atoms with Gasteiger partial charge in [-0.1, -0.05) is 6.07 Å². The molecule has 30 heavy (non-hydrogen) atoms. The second kappa shape index (κ2) is 8.87. The average molecular weight is 404 g/mol. The van der Waals surface area contributed by atoms with Crippen molar-refractivity contribution >= 4 is 17.2 Å². The molecule has 0 radical (unpaired) electrons. The molecule has 8 heteroatoms. The molecule has 1 aliphatic heterocycles. The van der Waals surface area contributed by atoms with Crippen LogP contribution in [-0.4, -0.2) is 53.6 Å². The Morgan fingerprint density at radius 1 is 1.10 bits per heavy atom. The molecule has 4 rings (SSSR count).